The van der Waals surface area contributed by atoms with Gasteiger partial charge in [0.05, 0.1) is 6.04 Å². The van der Waals surface area contributed by atoms with Gasteiger partial charge < -0.3 is 5.73 Å². The van der Waals surface area contributed by atoms with Crippen LogP contribution in [0.1, 0.15) is 28.3 Å². The fraction of sp³-hybridized carbons (Fsp3) is 0.200. The molecule has 0 spiro atoms. The van der Waals surface area contributed by atoms with Crippen molar-refractivity contribution in [1.29, 1.82) is 0 Å². The van der Waals surface area contributed by atoms with E-state index in [1.807, 2.05) is 26.0 Å². The van der Waals surface area contributed by atoms with Crippen molar-refractivity contribution in [1.82, 2.24) is 0 Å². The monoisotopic (exact) mass is 263 g/mol. The Morgan fingerprint density at radius 3 is 2.44 bits per heavy atom. The zero-order valence-electron chi connectivity index (χ0n) is 10.4. The summed E-state index contributed by atoms with van der Waals surface area (Å²) in [6.45, 7) is 4.01. The van der Waals surface area contributed by atoms with Crippen LogP contribution in [0.4, 0.5) is 4.39 Å². The van der Waals surface area contributed by atoms with Crippen LogP contribution in [0.15, 0.2) is 36.4 Å². The number of hydrogen-bond donors (Lipinski definition) is 1. The van der Waals surface area contributed by atoms with E-state index in [0.29, 0.717) is 5.02 Å². The molecule has 0 aliphatic heterocycles. The van der Waals surface area contributed by atoms with Crippen LogP contribution in [0.3, 0.4) is 0 Å². The molecule has 0 amide bonds. The number of halogens is 2. The van der Waals surface area contributed by atoms with Gasteiger partial charge in [0.1, 0.15) is 5.82 Å². The van der Waals surface area contributed by atoms with Gasteiger partial charge in [-0.25, -0.2) is 4.39 Å². The quantitative estimate of drug-likeness (QED) is 0.866. The van der Waals surface area contributed by atoms with E-state index in [-0.39, 0.29) is 5.82 Å². The van der Waals surface area contributed by atoms with Crippen LogP contribution in [-0.2, 0) is 0 Å². The Hall–Kier alpha value is -1.38. The van der Waals surface area contributed by atoms with Gasteiger partial charge in [0.15, 0.2) is 0 Å². The summed E-state index contributed by atoms with van der Waals surface area (Å²) >= 11 is 6.21. The van der Waals surface area contributed by atoms with Crippen molar-refractivity contribution >= 4 is 11.6 Å². The summed E-state index contributed by atoms with van der Waals surface area (Å²) in [5, 5.41) is 0.620. The zero-order valence-corrected chi connectivity index (χ0v) is 11.1. The van der Waals surface area contributed by atoms with Gasteiger partial charge in [0.2, 0.25) is 0 Å². The zero-order chi connectivity index (χ0) is 13.3. The predicted molar refractivity (Wildman–Crippen MR) is 73.4 cm³/mol. The summed E-state index contributed by atoms with van der Waals surface area (Å²) in [6.07, 6.45) is 0. The highest BCUT2D eigenvalue weighted by atomic mass is 35.5. The molecule has 2 aromatic rings. The molecular weight excluding hydrogens is 249 g/mol. The van der Waals surface area contributed by atoms with Gasteiger partial charge in [-0.2, -0.15) is 0 Å². The molecule has 18 heavy (non-hydrogen) atoms. The Morgan fingerprint density at radius 2 is 1.78 bits per heavy atom. The number of rotatable bonds is 2. The first kappa shape index (κ1) is 13.1. The Balaban J connectivity index is 2.46. The molecule has 0 bridgehead atoms. The van der Waals surface area contributed by atoms with E-state index < -0.39 is 6.04 Å². The van der Waals surface area contributed by atoms with Crippen LogP contribution < -0.4 is 5.73 Å². The molecule has 0 fully saturated rings. The first-order chi connectivity index (χ1) is 8.49. The lowest BCUT2D eigenvalue weighted by Gasteiger charge is -2.16. The molecular formula is C15H15ClFN. The fourth-order valence-corrected chi connectivity index (χ4v) is 2.26. The highest BCUT2D eigenvalue weighted by Crippen LogP contribution is 2.29. The molecule has 0 aliphatic rings. The van der Waals surface area contributed by atoms with Crippen LogP contribution in [0.5, 0.6) is 0 Å². The summed E-state index contributed by atoms with van der Waals surface area (Å²) in [6, 6.07) is 9.75. The van der Waals surface area contributed by atoms with Crippen LogP contribution in [-0.4, -0.2) is 0 Å². The van der Waals surface area contributed by atoms with E-state index >= 15 is 0 Å². The standard InChI is InChI=1S/C15H15ClFN/c1-9-6-13(14(16)7-10(9)2)15(18)11-4-3-5-12(17)8-11/h3-8,15H,18H2,1-2H3. The SMILES string of the molecule is Cc1cc(Cl)c(C(N)c2cccc(F)c2)cc1C. The lowest BCUT2D eigenvalue weighted by Crippen LogP contribution is -2.13. The van der Waals surface area contributed by atoms with Crippen molar-refractivity contribution in [3.05, 3.63) is 69.5 Å². The third-order valence-electron chi connectivity index (χ3n) is 3.16. The minimum Gasteiger partial charge on any atom is -0.320 e. The predicted octanol–water partition coefficient (Wildman–Crippen LogP) is 4.14. The topological polar surface area (TPSA) is 26.0 Å². The van der Waals surface area contributed by atoms with Crippen LogP contribution in [0, 0.1) is 19.7 Å². The molecule has 3 heteroatoms. The van der Waals surface area contributed by atoms with Crippen molar-refractivity contribution in [2.24, 2.45) is 5.73 Å². The Labute approximate surface area is 111 Å². The fourth-order valence-electron chi connectivity index (χ4n) is 1.92. The first-order valence-electron chi connectivity index (χ1n) is 5.76. The van der Waals surface area contributed by atoms with Gasteiger partial charge in [-0.05, 0) is 54.3 Å². The maximum Gasteiger partial charge on any atom is 0.123 e. The van der Waals surface area contributed by atoms with Crippen LogP contribution in [0.25, 0.3) is 0 Å². The van der Waals surface area contributed by atoms with Crippen molar-refractivity contribution in [3.63, 3.8) is 0 Å². The van der Waals surface area contributed by atoms with Crippen LogP contribution in [0.2, 0.25) is 5.02 Å². The van der Waals surface area contributed by atoms with Crippen molar-refractivity contribution in [3.8, 4) is 0 Å². The normalized spacial score (nSPS) is 12.5. The van der Waals surface area contributed by atoms with E-state index in [1.54, 1.807) is 12.1 Å². The molecule has 1 nitrogen and oxygen atoms in total. The van der Waals surface area contributed by atoms with Crippen molar-refractivity contribution in [2.45, 2.75) is 19.9 Å². The van der Waals surface area contributed by atoms with Gasteiger partial charge in [0.25, 0.3) is 0 Å². The van der Waals surface area contributed by atoms with Gasteiger partial charge in [-0.3, -0.25) is 0 Å². The molecule has 94 valence electrons. The summed E-state index contributed by atoms with van der Waals surface area (Å²) in [4.78, 5) is 0. The maximum absolute atomic E-state index is 13.2. The summed E-state index contributed by atoms with van der Waals surface area (Å²) in [5.74, 6) is -0.289. The van der Waals surface area contributed by atoms with E-state index in [2.05, 4.69) is 0 Å². The molecule has 0 saturated carbocycles. The molecule has 0 aliphatic carbocycles. The van der Waals surface area contributed by atoms with Gasteiger partial charge in [0, 0.05) is 5.02 Å². The number of nitrogens with two attached hydrogens (primary N) is 1. The first-order valence-corrected chi connectivity index (χ1v) is 6.14. The second-order valence-corrected chi connectivity index (χ2v) is 4.90. The highest BCUT2D eigenvalue weighted by Gasteiger charge is 2.14. The summed E-state index contributed by atoms with van der Waals surface area (Å²) in [5.41, 5.74) is 9.95. The molecule has 2 aromatic carbocycles. The van der Waals surface area contributed by atoms with Gasteiger partial charge in [-0.1, -0.05) is 29.8 Å². The molecule has 0 heterocycles. The lowest BCUT2D eigenvalue weighted by molar-refractivity contribution is 0.623. The van der Waals surface area contributed by atoms with Gasteiger partial charge in [-0.15, -0.1) is 0 Å². The average molecular weight is 264 g/mol. The second kappa shape index (κ2) is 5.09. The number of benzene rings is 2. The Morgan fingerprint density at radius 1 is 1.11 bits per heavy atom. The summed E-state index contributed by atoms with van der Waals surface area (Å²) in [7, 11) is 0. The Kier molecular flexibility index (Phi) is 3.69. The molecule has 0 aromatic heterocycles. The highest BCUT2D eigenvalue weighted by molar-refractivity contribution is 6.31. The third kappa shape index (κ3) is 2.55. The van der Waals surface area contributed by atoms with Crippen molar-refractivity contribution in [2.75, 3.05) is 0 Å². The molecule has 2 N–H and O–H groups in total. The number of hydrogen-bond acceptors (Lipinski definition) is 1. The second-order valence-electron chi connectivity index (χ2n) is 4.49. The Bertz CT molecular complexity index is 581. The molecule has 2 rings (SSSR count). The largest absolute Gasteiger partial charge is 0.320 e. The molecule has 1 atom stereocenters. The van der Waals surface area contributed by atoms with E-state index in [9.17, 15) is 4.39 Å². The van der Waals surface area contributed by atoms with E-state index in [0.717, 1.165) is 22.3 Å². The lowest BCUT2D eigenvalue weighted by atomic mass is 9.96. The molecule has 1 unspecified atom stereocenters. The molecule has 0 saturated heterocycles. The minimum absolute atomic E-state index is 0.289. The number of aryl methyl sites for hydroxylation is 2. The van der Waals surface area contributed by atoms with E-state index in [4.69, 9.17) is 17.3 Å². The van der Waals surface area contributed by atoms with E-state index in [1.165, 1.54) is 12.1 Å². The smallest absolute Gasteiger partial charge is 0.123 e. The maximum atomic E-state index is 13.2. The third-order valence-corrected chi connectivity index (χ3v) is 3.48. The average Bonchev–Trinajstić information content (AvgIpc) is 2.33. The minimum atomic E-state index is -0.410. The summed E-state index contributed by atoms with van der Waals surface area (Å²) < 4.78 is 13.2. The van der Waals surface area contributed by atoms with Crippen molar-refractivity contribution < 1.29 is 4.39 Å². The molecule has 0 radical (unpaired) electrons. The van der Waals surface area contributed by atoms with Crippen LogP contribution >= 0.6 is 11.6 Å². The van der Waals surface area contributed by atoms with Gasteiger partial charge >= 0.3 is 0 Å².